The zero-order valence-electron chi connectivity index (χ0n) is 26.3. The number of carbonyl (C=O) groups excluding carboxylic acids is 2. The average molecular weight is 600 g/mol. The molecule has 0 saturated carbocycles. The van der Waals surface area contributed by atoms with Gasteiger partial charge in [0.05, 0.1) is 23.4 Å². The Morgan fingerprint density at radius 2 is 1.84 bits per heavy atom. The van der Waals surface area contributed by atoms with E-state index in [1.165, 1.54) is 0 Å². The summed E-state index contributed by atoms with van der Waals surface area (Å²) in [6.45, 7) is 11.2. The third-order valence-corrected chi connectivity index (χ3v) is 8.38. The Morgan fingerprint density at radius 3 is 2.59 bits per heavy atom. The molecule has 1 aromatic carbocycles. The van der Waals surface area contributed by atoms with Crippen LogP contribution in [0.1, 0.15) is 56.7 Å². The lowest BCUT2D eigenvalue weighted by Gasteiger charge is -2.27. The first-order valence-corrected chi connectivity index (χ1v) is 15.1. The molecule has 3 aromatic heterocycles. The van der Waals surface area contributed by atoms with Crippen LogP contribution in [0.4, 0.5) is 11.4 Å². The molecule has 10 nitrogen and oxygen atoms in total. The van der Waals surface area contributed by atoms with Crippen molar-refractivity contribution in [1.29, 1.82) is 0 Å². The normalized spacial score (nSPS) is 15.4. The molecule has 0 fully saturated rings. The largest absolute Gasteiger partial charge is 0.493 e. The van der Waals surface area contributed by atoms with E-state index in [-0.39, 0.29) is 23.4 Å². The third-order valence-electron chi connectivity index (χ3n) is 8.38. The molecule has 2 amide bonds. The van der Waals surface area contributed by atoms with Crippen LogP contribution in [-0.4, -0.2) is 48.1 Å². The smallest absolute Gasteiger partial charge is 0.261 e. The molecule has 5 rings (SSSR count). The second kappa shape index (κ2) is 12.7. The number of anilines is 2. The Labute approximate surface area is 257 Å². The summed E-state index contributed by atoms with van der Waals surface area (Å²) < 4.78 is 13.4. The van der Waals surface area contributed by atoms with Crippen molar-refractivity contribution in [2.45, 2.75) is 60.0 Å². The number of ether oxygens (including phenoxy) is 1. The average Bonchev–Trinajstić information content (AvgIpc) is 3.39. The summed E-state index contributed by atoms with van der Waals surface area (Å²) >= 11 is 0. The third kappa shape index (κ3) is 5.99. The maximum Gasteiger partial charge on any atom is 0.261 e. The Hall–Kier alpha value is -4.44. The van der Waals surface area contributed by atoms with Crippen LogP contribution in [0.3, 0.4) is 0 Å². The minimum absolute atomic E-state index is 0.00884. The summed E-state index contributed by atoms with van der Waals surface area (Å²) in [6, 6.07) is 13.1. The van der Waals surface area contributed by atoms with Crippen LogP contribution in [0.2, 0.25) is 0 Å². The molecule has 44 heavy (non-hydrogen) atoms. The fourth-order valence-electron chi connectivity index (χ4n) is 5.89. The second-order valence-corrected chi connectivity index (χ2v) is 11.8. The lowest BCUT2D eigenvalue weighted by Crippen LogP contribution is -2.47. The van der Waals surface area contributed by atoms with E-state index in [2.05, 4.69) is 16.4 Å². The van der Waals surface area contributed by atoms with Gasteiger partial charge < -0.3 is 28.8 Å². The molecular weight excluding hydrogens is 558 g/mol. The minimum Gasteiger partial charge on any atom is -0.493 e. The summed E-state index contributed by atoms with van der Waals surface area (Å²) in [5.41, 5.74) is 2.78. The Bertz CT molecular complexity index is 1740. The zero-order valence-corrected chi connectivity index (χ0v) is 26.3. The van der Waals surface area contributed by atoms with Gasteiger partial charge in [0.15, 0.2) is 0 Å². The number of hydrogen-bond donors (Lipinski definition) is 1. The summed E-state index contributed by atoms with van der Waals surface area (Å²) in [6.07, 6.45) is 5.00. The monoisotopic (exact) mass is 599 g/mol. The highest BCUT2D eigenvalue weighted by Gasteiger charge is 2.45. The van der Waals surface area contributed by atoms with Crippen LogP contribution in [0, 0.1) is 19.3 Å². The van der Waals surface area contributed by atoms with E-state index in [0.717, 1.165) is 23.4 Å². The maximum absolute atomic E-state index is 13.1. The number of nitrogens with zero attached hydrogens (tertiary/aromatic N) is 4. The molecule has 1 N–H and O–H groups in total. The number of fused-ring (bicyclic) bond motifs is 2. The van der Waals surface area contributed by atoms with Gasteiger partial charge in [0, 0.05) is 50.3 Å². The SMILES string of the molecule is CCN1C(=O)C(C)(C)C(=O)N(C)c2cc(OCCCNC(CCn3ccc4oc(C)cc4c3=O)c3cccnc3C)ccc21. The number of nitrogens with one attached hydrogen (secondary N) is 1. The van der Waals surface area contributed by atoms with E-state index in [9.17, 15) is 14.4 Å². The molecule has 0 aliphatic carbocycles. The molecule has 0 spiro atoms. The van der Waals surface area contributed by atoms with Crippen LogP contribution in [0.25, 0.3) is 11.0 Å². The maximum atomic E-state index is 13.1. The number of hydrogen-bond acceptors (Lipinski definition) is 7. The van der Waals surface area contributed by atoms with Gasteiger partial charge in [-0.3, -0.25) is 19.4 Å². The van der Waals surface area contributed by atoms with Gasteiger partial charge in [-0.05, 0) is 89.9 Å². The first-order chi connectivity index (χ1) is 21.0. The summed E-state index contributed by atoms with van der Waals surface area (Å²) in [4.78, 5) is 47.0. The van der Waals surface area contributed by atoms with Gasteiger partial charge in [-0.15, -0.1) is 0 Å². The van der Waals surface area contributed by atoms with Gasteiger partial charge in [0.1, 0.15) is 22.5 Å². The number of rotatable bonds is 11. The van der Waals surface area contributed by atoms with Crippen molar-refractivity contribution in [2.24, 2.45) is 5.41 Å². The molecular formula is C34H41N5O5. The van der Waals surface area contributed by atoms with Crippen LogP contribution >= 0.6 is 0 Å². The fraction of sp³-hybridized carbons (Fsp3) is 0.412. The number of aryl methyl sites for hydroxylation is 3. The molecule has 4 heterocycles. The molecule has 10 heteroatoms. The van der Waals surface area contributed by atoms with Crippen LogP contribution in [-0.2, 0) is 16.1 Å². The Balaban J connectivity index is 1.23. The Morgan fingerprint density at radius 1 is 1.05 bits per heavy atom. The van der Waals surface area contributed by atoms with E-state index in [1.807, 2.05) is 51.1 Å². The highest BCUT2D eigenvalue weighted by Crippen LogP contribution is 2.40. The van der Waals surface area contributed by atoms with Gasteiger partial charge in [0.2, 0.25) is 11.8 Å². The number of amides is 2. The highest BCUT2D eigenvalue weighted by atomic mass is 16.5. The molecule has 0 bridgehead atoms. The van der Waals surface area contributed by atoms with E-state index in [0.29, 0.717) is 60.8 Å². The predicted octanol–water partition coefficient (Wildman–Crippen LogP) is 5.15. The molecule has 1 unspecified atom stereocenters. The van der Waals surface area contributed by atoms with Crippen molar-refractivity contribution < 1.29 is 18.7 Å². The minimum atomic E-state index is -1.15. The summed E-state index contributed by atoms with van der Waals surface area (Å²) in [5.74, 6) is 0.891. The van der Waals surface area contributed by atoms with E-state index >= 15 is 0 Å². The lowest BCUT2D eigenvalue weighted by molar-refractivity contribution is -0.137. The van der Waals surface area contributed by atoms with Gasteiger partial charge in [-0.25, -0.2) is 0 Å². The number of furan rings is 1. The molecule has 1 aliphatic heterocycles. The van der Waals surface area contributed by atoms with Crippen molar-refractivity contribution in [2.75, 3.05) is 36.5 Å². The molecule has 0 saturated heterocycles. The number of carbonyl (C=O) groups is 2. The first kappa shape index (κ1) is 31.0. The first-order valence-electron chi connectivity index (χ1n) is 15.1. The molecule has 0 radical (unpaired) electrons. The molecule has 232 valence electrons. The van der Waals surface area contributed by atoms with Crippen molar-refractivity contribution >= 4 is 34.2 Å². The van der Waals surface area contributed by atoms with Crippen LogP contribution < -0.4 is 25.4 Å². The van der Waals surface area contributed by atoms with Crippen molar-refractivity contribution in [3.05, 3.63) is 82.2 Å². The lowest BCUT2D eigenvalue weighted by atomic mass is 9.90. The number of aromatic nitrogens is 2. The molecule has 1 atom stereocenters. The molecule has 1 aliphatic rings. The summed E-state index contributed by atoms with van der Waals surface area (Å²) in [5, 5.41) is 4.23. The fourth-order valence-corrected chi connectivity index (χ4v) is 5.89. The van der Waals surface area contributed by atoms with Crippen molar-refractivity contribution in [3.8, 4) is 5.75 Å². The topological polar surface area (TPSA) is 110 Å². The second-order valence-electron chi connectivity index (χ2n) is 11.8. The van der Waals surface area contributed by atoms with Crippen LogP contribution in [0.15, 0.2) is 64.1 Å². The molecule has 4 aromatic rings. The number of pyridine rings is 2. The van der Waals surface area contributed by atoms with Crippen molar-refractivity contribution in [1.82, 2.24) is 14.9 Å². The Kier molecular flexibility index (Phi) is 8.92. The summed E-state index contributed by atoms with van der Waals surface area (Å²) in [7, 11) is 1.70. The quantitative estimate of drug-likeness (QED) is 0.188. The standard InChI is InChI=1S/C34H41N5O5/c1-7-39-28-12-11-24(21-29(28)37(6)32(41)34(4,5)33(39)42)43-19-9-16-36-27(25-10-8-15-35-23(25)3)13-17-38-18-14-30-26(31(38)40)20-22(2)44-30/h8,10-12,14-15,18,20-21,27,36H,7,9,13,16-17,19H2,1-6H3. The van der Waals surface area contributed by atoms with Gasteiger partial charge in [-0.1, -0.05) is 6.07 Å². The predicted molar refractivity (Wildman–Crippen MR) is 171 cm³/mol. The van der Waals surface area contributed by atoms with E-state index < -0.39 is 5.41 Å². The van der Waals surface area contributed by atoms with Crippen molar-refractivity contribution in [3.63, 3.8) is 0 Å². The van der Waals surface area contributed by atoms with Gasteiger partial charge in [0.25, 0.3) is 5.56 Å². The van der Waals surface area contributed by atoms with Crippen LogP contribution in [0.5, 0.6) is 5.75 Å². The highest BCUT2D eigenvalue weighted by molar-refractivity contribution is 6.20. The van der Waals surface area contributed by atoms with E-state index in [1.54, 1.807) is 53.7 Å². The van der Waals surface area contributed by atoms with E-state index in [4.69, 9.17) is 9.15 Å². The van der Waals surface area contributed by atoms with Gasteiger partial charge >= 0.3 is 0 Å². The number of benzene rings is 1. The van der Waals surface area contributed by atoms with Gasteiger partial charge in [-0.2, -0.15) is 0 Å². The zero-order chi connectivity index (χ0) is 31.6.